The summed E-state index contributed by atoms with van der Waals surface area (Å²) in [6, 6.07) is 11.1. The fraction of sp³-hybridized carbons (Fsp3) is 0.346. The zero-order chi connectivity index (χ0) is 23.5. The van der Waals surface area contributed by atoms with Crippen LogP contribution in [0.2, 0.25) is 0 Å². The number of hydrogen-bond donors (Lipinski definition) is 0. The van der Waals surface area contributed by atoms with E-state index < -0.39 is 5.97 Å². The Labute approximate surface area is 192 Å². The molecule has 0 aliphatic heterocycles. The fourth-order valence-electron chi connectivity index (χ4n) is 4.31. The molecule has 0 N–H and O–H groups in total. The van der Waals surface area contributed by atoms with Gasteiger partial charge >= 0.3 is 5.97 Å². The third-order valence-electron chi connectivity index (χ3n) is 6.06. The van der Waals surface area contributed by atoms with E-state index in [1.807, 2.05) is 36.6 Å². The van der Waals surface area contributed by atoms with E-state index in [4.69, 9.17) is 14.5 Å². The Morgan fingerprint density at radius 3 is 2.73 bits per heavy atom. The third kappa shape index (κ3) is 4.73. The Morgan fingerprint density at radius 2 is 2.03 bits per heavy atom. The van der Waals surface area contributed by atoms with E-state index in [1.165, 1.54) is 7.11 Å². The molecule has 33 heavy (non-hydrogen) atoms. The van der Waals surface area contributed by atoms with Crippen molar-refractivity contribution in [2.45, 2.75) is 33.2 Å². The minimum Gasteiger partial charge on any atom is -0.465 e. The molecule has 0 fully saturated rings. The van der Waals surface area contributed by atoms with Gasteiger partial charge in [-0.3, -0.25) is 4.98 Å². The lowest BCUT2D eigenvalue weighted by Gasteiger charge is -2.23. The summed E-state index contributed by atoms with van der Waals surface area (Å²) in [6.07, 6.45) is 2.70. The summed E-state index contributed by atoms with van der Waals surface area (Å²) in [5.41, 5.74) is 5.35. The number of hydrogen-bond acceptors (Lipinski definition) is 5. The van der Waals surface area contributed by atoms with Crippen molar-refractivity contribution in [1.29, 1.82) is 0 Å². The number of fused-ring (bicyclic) bond motifs is 1. The Balaban J connectivity index is 1.72. The van der Waals surface area contributed by atoms with Crippen LogP contribution in [0, 0.1) is 12.8 Å². The second-order valence-electron chi connectivity index (χ2n) is 8.36. The van der Waals surface area contributed by atoms with Crippen LogP contribution in [-0.4, -0.2) is 41.3 Å². The number of methoxy groups -OCH3 is 2. The predicted octanol–water partition coefficient (Wildman–Crippen LogP) is 5.06. The molecule has 0 radical (unpaired) electrons. The molecule has 172 valence electrons. The van der Waals surface area contributed by atoms with Gasteiger partial charge in [-0.05, 0) is 66.8 Å². The highest BCUT2D eigenvalue weighted by molar-refractivity contribution is 5.93. The second kappa shape index (κ2) is 9.67. The first kappa shape index (κ1) is 22.9. The largest absolute Gasteiger partial charge is 0.465 e. The highest BCUT2D eigenvalue weighted by Gasteiger charge is 2.25. The second-order valence-corrected chi connectivity index (χ2v) is 8.36. The van der Waals surface area contributed by atoms with Crippen LogP contribution in [0.15, 0.2) is 53.9 Å². The third-order valence-corrected chi connectivity index (χ3v) is 6.06. The molecule has 2 heterocycles. The van der Waals surface area contributed by atoms with Crippen LogP contribution in [-0.2, 0) is 22.4 Å². The summed E-state index contributed by atoms with van der Waals surface area (Å²) in [4.78, 5) is 21.3. The average Bonchev–Trinajstić information content (AvgIpc) is 3.15. The van der Waals surface area contributed by atoms with Crippen molar-refractivity contribution in [3.05, 3.63) is 76.6 Å². The Hall–Kier alpha value is -3.32. The SMILES string of the molecule is COCCn1c(CC2=C(F)C=C(c3cccc(C)n3)CC2C)nc2ccc(C(=O)OC)cc21. The van der Waals surface area contributed by atoms with Crippen LogP contribution >= 0.6 is 0 Å². The number of pyridine rings is 1. The molecule has 1 unspecified atom stereocenters. The number of aryl methyl sites for hydroxylation is 1. The number of allylic oxidation sites excluding steroid dienone is 4. The van der Waals surface area contributed by atoms with Gasteiger partial charge in [0.05, 0.1) is 36.0 Å². The van der Waals surface area contributed by atoms with Gasteiger partial charge in [0.1, 0.15) is 11.7 Å². The lowest BCUT2D eigenvalue weighted by molar-refractivity contribution is 0.0601. The van der Waals surface area contributed by atoms with Gasteiger partial charge in [0.15, 0.2) is 0 Å². The van der Waals surface area contributed by atoms with E-state index in [9.17, 15) is 4.79 Å². The molecular weight excluding hydrogens is 421 g/mol. The Morgan fingerprint density at radius 1 is 1.21 bits per heavy atom. The normalized spacial score (nSPS) is 16.3. The molecule has 1 aliphatic rings. The molecule has 1 aliphatic carbocycles. The highest BCUT2D eigenvalue weighted by Crippen LogP contribution is 2.36. The number of carbonyl (C=O) groups is 1. The minimum absolute atomic E-state index is 0.00799. The van der Waals surface area contributed by atoms with Gasteiger partial charge < -0.3 is 14.0 Å². The van der Waals surface area contributed by atoms with Crippen molar-refractivity contribution in [1.82, 2.24) is 14.5 Å². The number of rotatable bonds is 7. The van der Waals surface area contributed by atoms with Crippen molar-refractivity contribution in [3.63, 3.8) is 0 Å². The lowest BCUT2D eigenvalue weighted by atomic mass is 9.84. The van der Waals surface area contributed by atoms with Gasteiger partial charge in [-0.15, -0.1) is 0 Å². The maximum absolute atomic E-state index is 15.3. The average molecular weight is 450 g/mol. The summed E-state index contributed by atoms with van der Waals surface area (Å²) >= 11 is 0. The van der Waals surface area contributed by atoms with Crippen LogP contribution in [0.5, 0.6) is 0 Å². The van der Waals surface area contributed by atoms with Crippen LogP contribution in [0.4, 0.5) is 4.39 Å². The Kier molecular flexibility index (Phi) is 6.70. The number of carbonyl (C=O) groups excluding carboxylic acids is 1. The van der Waals surface area contributed by atoms with Crippen LogP contribution < -0.4 is 0 Å². The van der Waals surface area contributed by atoms with E-state index in [0.717, 1.165) is 33.8 Å². The topological polar surface area (TPSA) is 66.2 Å². The fourth-order valence-corrected chi connectivity index (χ4v) is 4.31. The molecule has 0 saturated carbocycles. The molecule has 6 nitrogen and oxygen atoms in total. The van der Waals surface area contributed by atoms with Gasteiger partial charge in [-0.25, -0.2) is 14.2 Å². The van der Waals surface area contributed by atoms with Crippen LogP contribution in [0.3, 0.4) is 0 Å². The monoisotopic (exact) mass is 449 g/mol. The molecule has 0 bridgehead atoms. The first-order chi connectivity index (χ1) is 15.9. The molecule has 4 rings (SSSR count). The number of esters is 1. The molecular formula is C26H28FN3O3. The first-order valence-electron chi connectivity index (χ1n) is 11.0. The zero-order valence-electron chi connectivity index (χ0n) is 19.4. The number of ether oxygens (including phenoxy) is 2. The number of imidazole rings is 1. The summed E-state index contributed by atoms with van der Waals surface area (Å²) < 4.78 is 27.5. The van der Waals surface area contributed by atoms with Crippen molar-refractivity contribution >= 4 is 22.6 Å². The van der Waals surface area contributed by atoms with Gasteiger partial charge in [-0.2, -0.15) is 0 Å². The molecule has 3 aromatic rings. The lowest BCUT2D eigenvalue weighted by Crippen LogP contribution is -2.15. The summed E-state index contributed by atoms with van der Waals surface area (Å²) in [7, 11) is 2.99. The molecule has 0 saturated heterocycles. The Bertz CT molecular complexity index is 1260. The van der Waals surface area contributed by atoms with Gasteiger partial charge in [0.2, 0.25) is 0 Å². The van der Waals surface area contributed by atoms with E-state index in [1.54, 1.807) is 31.4 Å². The number of benzene rings is 1. The van der Waals surface area contributed by atoms with Crippen LogP contribution in [0.1, 0.15) is 40.9 Å². The zero-order valence-corrected chi connectivity index (χ0v) is 19.4. The van der Waals surface area contributed by atoms with Crippen molar-refractivity contribution in [2.75, 3.05) is 20.8 Å². The van der Waals surface area contributed by atoms with Gasteiger partial charge in [0, 0.05) is 25.8 Å². The van der Waals surface area contributed by atoms with Crippen molar-refractivity contribution in [3.8, 4) is 0 Å². The van der Waals surface area contributed by atoms with Crippen molar-refractivity contribution < 1.29 is 18.7 Å². The maximum Gasteiger partial charge on any atom is 0.337 e. The summed E-state index contributed by atoms with van der Waals surface area (Å²) in [5, 5.41) is 0. The first-order valence-corrected chi connectivity index (χ1v) is 11.0. The number of nitrogens with zero attached hydrogens (tertiary/aromatic N) is 3. The van der Waals surface area contributed by atoms with Crippen LogP contribution in [0.25, 0.3) is 16.6 Å². The summed E-state index contributed by atoms with van der Waals surface area (Å²) in [5.74, 6) is 0.114. The predicted molar refractivity (Wildman–Crippen MR) is 126 cm³/mol. The standard InChI is InChI=1S/C26H28FN3O3/c1-16-12-19(22-7-5-6-17(2)28-22)13-21(27)20(16)15-25-29-23-9-8-18(26(31)33-4)14-24(23)30(25)10-11-32-3/h5-9,13-14,16H,10-12,15H2,1-4H3. The minimum atomic E-state index is -0.407. The quantitative estimate of drug-likeness (QED) is 0.472. The molecule has 1 atom stereocenters. The van der Waals surface area contributed by atoms with E-state index in [-0.39, 0.29) is 11.7 Å². The maximum atomic E-state index is 15.3. The molecule has 0 spiro atoms. The van der Waals surface area contributed by atoms with E-state index >= 15 is 4.39 Å². The smallest absolute Gasteiger partial charge is 0.337 e. The van der Waals surface area contributed by atoms with Gasteiger partial charge in [0.25, 0.3) is 0 Å². The number of aromatic nitrogens is 3. The number of halogens is 1. The summed E-state index contributed by atoms with van der Waals surface area (Å²) in [6.45, 7) is 4.99. The molecule has 1 aromatic carbocycles. The van der Waals surface area contributed by atoms with Crippen molar-refractivity contribution in [2.24, 2.45) is 5.92 Å². The molecule has 0 amide bonds. The van der Waals surface area contributed by atoms with Gasteiger partial charge in [-0.1, -0.05) is 13.0 Å². The van der Waals surface area contributed by atoms with E-state index in [2.05, 4.69) is 4.98 Å². The highest BCUT2D eigenvalue weighted by atomic mass is 19.1. The molecule has 7 heteroatoms. The molecule has 2 aromatic heterocycles. The van der Waals surface area contributed by atoms with E-state index in [0.29, 0.717) is 37.1 Å².